The Morgan fingerprint density at radius 3 is 2.29 bits per heavy atom. The van der Waals surface area contributed by atoms with Gasteiger partial charge in [-0.05, 0) is 34.6 Å². The number of carboxylic acids is 1. The molecule has 8 nitrogen and oxygen atoms in total. The van der Waals surface area contributed by atoms with E-state index in [2.05, 4.69) is 29.6 Å². The number of alkyl carbamates (subject to hydrolysis) is 1. The van der Waals surface area contributed by atoms with Crippen LogP contribution in [0.25, 0.3) is 11.1 Å². The minimum absolute atomic E-state index is 0.00811. The summed E-state index contributed by atoms with van der Waals surface area (Å²) in [6.45, 7) is 4.77. The van der Waals surface area contributed by atoms with Crippen molar-refractivity contribution in [3.8, 4) is 11.1 Å². The molecular weight excluding hydrogens is 448 g/mol. The fourth-order valence-electron chi connectivity index (χ4n) is 5.06. The highest BCUT2D eigenvalue weighted by molar-refractivity contribution is 5.81. The number of nitrogens with one attached hydrogen (secondary N) is 1. The van der Waals surface area contributed by atoms with Crippen molar-refractivity contribution >= 4 is 18.0 Å². The monoisotopic (exact) mass is 480 g/mol. The Morgan fingerprint density at radius 2 is 1.71 bits per heavy atom. The molecule has 1 heterocycles. The molecule has 1 atom stereocenters. The van der Waals surface area contributed by atoms with E-state index in [4.69, 9.17) is 9.47 Å². The summed E-state index contributed by atoms with van der Waals surface area (Å²) in [6.07, 6.45) is -0.0979. The van der Waals surface area contributed by atoms with Gasteiger partial charge in [0.25, 0.3) is 0 Å². The third kappa shape index (κ3) is 5.03. The van der Waals surface area contributed by atoms with Gasteiger partial charge in [0.2, 0.25) is 5.91 Å². The molecule has 186 valence electrons. The second-order valence-electron chi connectivity index (χ2n) is 9.49. The number of ether oxygens (including phenoxy) is 2. The van der Waals surface area contributed by atoms with Crippen molar-refractivity contribution in [2.45, 2.75) is 26.2 Å². The first-order valence-electron chi connectivity index (χ1n) is 12.0. The molecule has 4 rings (SSSR count). The molecule has 0 saturated carbocycles. The van der Waals surface area contributed by atoms with Crippen molar-refractivity contribution in [2.24, 2.45) is 11.3 Å². The molecule has 2 aliphatic rings. The highest BCUT2D eigenvalue weighted by Gasteiger charge is 2.48. The van der Waals surface area contributed by atoms with Gasteiger partial charge in [-0.3, -0.25) is 9.59 Å². The van der Waals surface area contributed by atoms with Crippen LogP contribution in [-0.2, 0) is 19.1 Å². The summed E-state index contributed by atoms with van der Waals surface area (Å²) in [7, 11) is 0. The van der Waals surface area contributed by atoms with Gasteiger partial charge >= 0.3 is 12.1 Å². The first-order valence-corrected chi connectivity index (χ1v) is 12.0. The molecule has 2 aromatic rings. The molecule has 2 aromatic carbocycles. The van der Waals surface area contributed by atoms with Gasteiger partial charge in [-0.25, -0.2) is 4.79 Å². The van der Waals surface area contributed by atoms with Crippen LogP contribution in [0.4, 0.5) is 4.79 Å². The Bertz CT molecular complexity index is 1060. The largest absolute Gasteiger partial charge is 0.481 e. The summed E-state index contributed by atoms with van der Waals surface area (Å²) in [6, 6.07) is 16.3. The Kier molecular flexibility index (Phi) is 7.40. The van der Waals surface area contributed by atoms with E-state index >= 15 is 0 Å². The predicted molar refractivity (Wildman–Crippen MR) is 130 cm³/mol. The van der Waals surface area contributed by atoms with Crippen molar-refractivity contribution in [1.29, 1.82) is 0 Å². The van der Waals surface area contributed by atoms with Crippen LogP contribution >= 0.6 is 0 Å². The van der Waals surface area contributed by atoms with Gasteiger partial charge in [0, 0.05) is 25.6 Å². The smallest absolute Gasteiger partial charge is 0.407 e. The van der Waals surface area contributed by atoms with Crippen LogP contribution in [-0.4, -0.2) is 67.4 Å². The Morgan fingerprint density at radius 1 is 1.09 bits per heavy atom. The highest BCUT2D eigenvalue weighted by atomic mass is 16.5. The number of rotatable bonds is 9. The zero-order valence-corrected chi connectivity index (χ0v) is 20.2. The van der Waals surface area contributed by atoms with Crippen LogP contribution in [0.2, 0.25) is 0 Å². The zero-order chi connectivity index (χ0) is 25.0. The van der Waals surface area contributed by atoms with E-state index in [1.54, 1.807) is 4.90 Å². The zero-order valence-electron chi connectivity index (χ0n) is 20.2. The number of carbonyl (C=O) groups excluding carboxylic acids is 2. The molecule has 1 saturated heterocycles. The van der Waals surface area contributed by atoms with Gasteiger partial charge in [-0.2, -0.15) is 0 Å². The number of nitrogens with zero attached hydrogens (tertiary/aromatic N) is 1. The third-order valence-corrected chi connectivity index (χ3v) is 7.27. The van der Waals surface area contributed by atoms with E-state index in [1.807, 2.05) is 38.1 Å². The summed E-state index contributed by atoms with van der Waals surface area (Å²) in [5.41, 5.74) is 3.73. The van der Waals surface area contributed by atoms with Gasteiger partial charge in [0.15, 0.2) is 0 Å². The number of hydrogen-bond acceptors (Lipinski definition) is 5. The maximum atomic E-state index is 12.4. The average molecular weight is 481 g/mol. The van der Waals surface area contributed by atoms with Crippen molar-refractivity contribution < 1.29 is 29.0 Å². The van der Waals surface area contributed by atoms with Crippen molar-refractivity contribution in [2.75, 3.05) is 39.5 Å². The highest BCUT2D eigenvalue weighted by Crippen LogP contribution is 2.44. The van der Waals surface area contributed by atoms with Gasteiger partial charge in [-0.1, -0.05) is 62.4 Å². The number of aliphatic carboxylic acids is 1. The fourth-order valence-corrected chi connectivity index (χ4v) is 5.06. The molecular formula is C27H32N2O6. The molecule has 1 aliphatic carbocycles. The summed E-state index contributed by atoms with van der Waals surface area (Å²) in [5, 5.41) is 12.3. The normalized spacial score (nSPS) is 18.9. The number of benzene rings is 2. The summed E-state index contributed by atoms with van der Waals surface area (Å²) >= 11 is 0. The molecule has 1 fully saturated rings. The number of hydrogen-bond donors (Lipinski definition) is 2. The first-order chi connectivity index (χ1) is 16.8. The lowest BCUT2D eigenvalue weighted by molar-refractivity contribution is -0.151. The molecule has 0 bridgehead atoms. The summed E-state index contributed by atoms with van der Waals surface area (Å²) < 4.78 is 10.9. The van der Waals surface area contributed by atoms with Crippen LogP contribution in [0, 0.1) is 11.3 Å². The standard InChI is InChI=1S/C27H32N2O6/c1-18(2)27(25(31)32)11-13-29(17-27)24(30)16-34-14-12-28-26(33)35-15-23-21-9-5-3-7-19(21)20-8-4-6-10-22(20)23/h3-10,18,23H,11-17H2,1-2H3,(H,28,33)(H,31,32). The number of fused-ring (bicyclic) bond motifs is 3. The molecule has 1 aliphatic heterocycles. The molecule has 35 heavy (non-hydrogen) atoms. The first kappa shape index (κ1) is 24.7. The molecule has 2 amide bonds. The maximum absolute atomic E-state index is 12.4. The average Bonchev–Trinajstić information content (AvgIpc) is 3.44. The molecule has 2 N–H and O–H groups in total. The van der Waals surface area contributed by atoms with Crippen LogP contribution in [0.1, 0.15) is 37.3 Å². The summed E-state index contributed by atoms with van der Waals surface area (Å²) in [4.78, 5) is 37.9. The lowest BCUT2D eigenvalue weighted by Crippen LogP contribution is -2.41. The number of carbonyl (C=O) groups is 3. The van der Waals surface area contributed by atoms with Gasteiger partial charge in [-0.15, -0.1) is 0 Å². The Balaban J connectivity index is 1.17. The molecule has 8 heteroatoms. The molecule has 1 unspecified atom stereocenters. The Labute approximate surface area is 205 Å². The minimum Gasteiger partial charge on any atom is -0.481 e. The van der Waals surface area contributed by atoms with E-state index in [0.29, 0.717) is 13.0 Å². The summed E-state index contributed by atoms with van der Waals surface area (Å²) in [5.74, 6) is -1.18. The van der Waals surface area contributed by atoms with Gasteiger partial charge in [0.05, 0.1) is 12.0 Å². The van der Waals surface area contributed by atoms with Crippen LogP contribution in [0.15, 0.2) is 48.5 Å². The topological polar surface area (TPSA) is 105 Å². The van der Waals surface area contributed by atoms with Crippen LogP contribution < -0.4 is 5.32 Å². The van der Waals surface area contributed by atoms with Crippen molar-refractivity contribution in [1.82, 2.24) is 10.2 Å². The van der Waals surface area contributed by atoms with E-state index in [0.717, 1.165) is 11.1 Å². The Hall–Kier alpha value is -3.39. The number of amides is 2. The molecule has 0 spiro atoms. The third-order valence-electron chi connectivity index (χ3n) is 7.27. The lowest BCUT2D eigenvalue weighted by atomic mass is 9.76. The molecule has 0 radical (unpaired) electrons. The van der Waals surface area contributed by atoms with Crippen molar-refractivity contribution in [3.63, 3.8) is 0 Å². The predicted octanol–water partition coefficient (Wildman–Crippen LogP) is 3.50. The van der Waals surface area contributed by atoms with Gasteiger partial charge < -0.3 is 24.8 Å². The molecule has 0 aromatic heterocycles. The van der Waals surface area contributed by atoms with E-state index in [-0.39, 0.29) is 50.7 Å². The lowest BCUT2D eigenvalue weighted by Gasteiger charge is -2.28. The SMILES string of the molecule is CC(C)C1(C(=O)O)CCN(C(=O)COCCNC(=O)OCC2c3ccccc3-c3ccccc32)C1. The second-order valence-corrected chi connectivity index (χ2v) is 9.49. The fraction of sp³-hybridized carbons (Fsp3) is 0.444. The van der Waals surface area contributed by atoms with Gasteiger partial charge in [0.1, 0.15) is 13.2 Å². The van der Waals surface area contributed by atoms with Crippen LogP contribution in [0.5, 0.6) is 0 Å². The van der Waals surface area contributed by atoms with E-state index < -0.39 is 17.5 Å². The number of likely N-dealkylation sites (tertiary alicyclic amines) is 1. The number of carboxylic acid groups (broad SMARTS) is 1. The maximum Gasteiger partial charge on any atom is 0.407 e. The second kappa shape index (κ2) is 10.5. The van der Waals surface area contributed by atoms with Crippen LogP contribution in [0.3, 0.4) is 0 Å². The quantitative estimate of drug-likeness (QED) is 0.533. The minimum atomic E-state index is -0.901. The van der Waals surface area contributed by atoms with Crippen molar-refractivity contribution in [3.05, 3.63) is 59.7 Å². The van der Waals surface area contributed by atoms with E-state index in [9.17, 15) is 19.5 Å². The van der Waals surface area contributed by atoms with E-state index in [1.165, 1.54) is 11.1 Å².